The first-order valence-electron chi connectivity index (χ1n) is 8.63. The number of aromatic amines is 1. The number of nitrogens with zero attached hydrogens (tertiary/aromatic N) is 1. The fraction of sp³-hybridized carbons (Fsp3) is 0.579. The van der Waals surface area contributed by atoms with Gasteiger partial charge in [-0.2, -0.15) is 11.8 Å². The molecule has 2 aliphatic rings. The summed E-state index contributed by atoms with van der Waals surface area (Å²) in [5.41, 5.74) is 4.48. The fourth-order valence-electron chi connectivity index (χ4n) is 4.80. The summed E-state index contributed by atoms with van der Waals surface area (Å²) in [6, 6.07) is 7.58. The lowest BCUT2D eigenvalue weighted by molar-refractivity contribution is 0.0926. The standard InChI is InChI=1S/C19H26N2S/c1-3-7-21-11-13(12-22-2)8-16-15-5-4-6-17-19(15)14(10-20-17)9-18(16)21/h4-6,10,13,16,18,20H,3,7-9,11-12H2,1-2H3/t13-,16+,18-/m0/s1. The van der Waals surface area contributed by atoms with Gasteiger partial charge in [0.25, 0.3) is 0 Å². The predicted octanol–water partition coefficient (Wildman–Crippen LogP) is 4.27. The molecule has 2 heterocycles. The molecule has 1 aliphatic heterocycles. The summed E-state index contributed by atoms with van der Waals surface area (Å²) < 4.78 is 0. The topological polar surface area (TPSA) is 19.0 Å². The van der Waals surface area contributed by atoms with Crippen LogP contribution in [0.5, 0.6) is 0 Å². The van der Waals surface area contributed by atoms with Crippen molar-refractivity contribution >= 4 is 22.7 Å². The van der Waals surface area contributed by atoms with Crippen molar-refractivity contribution < 1.29 is 0 Å². The van der Waals surface area contributed by atoms with Crippen LogP contribution in [0.25, 0.3) is 10.9 Å². The van der Waals surface area contributed by atoms with Crippen LogP contribution in [-0.4, -0.2) is 41.0 Å². The Morgan fingerprint density at radius 1 is 1.36 bits per heavy atom. The van der Waals surface area contributed by atoms with Gasteiger partial charge in [-0.15, -0.1) is 0 Å². The molecule has 0 radical (unpaired) electrons. The zero-order chi connectivity index (χ0) is 15.1. The Bertz CT molecular complexity index is 662. The minimum atomic E-state index is 0.715. The monoisotopic (exact) mass is 314 g/mol. The summed E-state index contributed by atoms with van der Waals surface area (Å²) in [7, 11) is 0. The van der Waals surface area contributed by atoms with Gasteiger partial charge in [0.15, 0.2) is 0 Å². The second kappa shape index (κ2) is 5.93. The van der Waals surface area contributed by atoms with E-state index >= 15 is 0 Å². The number of benzene rings is 1. The molecule has 1 aliphatic carbocycles. The third-order valence-corrected chi connectivity index (χ3v) is 6.38. The van der Waals surface area contributed by atoms with Crippen LogP contribution in [0.3, 0.4) is 0 Å². The van der Waals surface area contributed by atoms with Gasteiger partial charge in [-0.25, -0.2) is 0 Å². The lowest BCUT2D eigenvalue weighted by Gasteiger charge is -2.47. The van der Waals surface area contributed by atoms with Gasteiger partial charge in [-0.3, -0.25) is 4.90 Å². The molecule has 1 aromatic carbocycles. The SMILES string of the molecule is CCCN1C[C@@H](CSC)C[C@@H]2c3cccc4[nH]cc(c34)C[C@@H]21. The maximum absolute atomic E-state index is 3.49. The molecule has 22 heavy (non-hydrogen) atoms. The maximum Gasteiger partial charge on any atom is 0.0459 e. The first kappa shape index (κ1) is 14.6. The van der Waals surface area contributed by atoms with E-state index in [-0.39, 0.29) is 0 Å². The highest BCUT2D eigenvalue weighted by molar-refractivity contribution is 7.98. The first-order valence-corrected chi connectivity index (χ1v) is 10.0. The summed E-state index contributed by atoms with van der Waals surface area (Å²) in [6.07, 6.45) is 8.37. The van der Waals surface area contributed by atoms with Crippen LogP contribution in [0.1, 0.15) is 36.8 Å². The highest BCUT2D eigenvalue weighted by Gasteiger charge is 2.40. The number of thioether (sulfide) groups is 1. The molecule has 3 heteroatoms. The van der Waals surface area contributed by atoms with Crippen LogP contribution in [0.2, 0.25) is 0 Å². The van der Waals surface area contributed by atoms with Crippen molar-refractivity contribution in [1.29, 1.82) is 0 Å². The normalized spacial score (nSPS) is 28.0. The van der Waals surface area contributed by atoms with Gasteiger partial charge in [-0.1, -0.05) is 19.1 Å². The van der Waals surface area contributed by atoms with Crippen LogP contribution in [0.15, 0.2) is 24.4 Å². The van der Waals surface area contributed by atoms with Gasteiger partial charge in [0.2, 0.25) is 0 Å². The molecule has 2 aromatic rings. The summed E-state index contributed by atoms with van der Waals surface area (Å²) in [5.74, 6) is 2.88. The van der Waals surface area contributed by atoms with Gasteiger partial charge in [0, 0.05) is 35.6 Å². The van der Waals surface area contributed by atoms with E-state index in [0.29, 0.717) is 6.04 Å². The Morgan fingerprint density at radius 2 is 2.27 bits per heavy atom. The number of piperidine rings is 1. The molecule has 3 atom stereocenters. The second-order valence-corrected chi connectivity index (χ2v) is 7.92. The predicted molar refractivity (Wildman–Crippen MR) is 96.9 cm³/mol. The fourth-order valence-corrected chi connectivity index (χ4v) is 5.51. The minimum Gasteiger partial charge on any atom is -0.361 e. The van der Waals surface area contributed by atoms with Crippen molar-refractivity contribution in [3.05, 3.63) is 35.5 Å². The van der Waals surface area contributed by atoms with Crippen LogP contribution in [0, 0.1) is 5.92 Å². The molecule has 0 amide bonds. The van der Waals surface area contributed by atoms with Gasteiger partial charge in [-0.05, 0) is 60.9 Å². The number of likely N-dealkylation sites (tertiary alicyclic amines) is 1. The number of rotatable bonds is 4. The van der Waals surface area contributed by atoms with Crippen LogP contribution in [0.4, 0.5) is 0 Å². The van der Waals surface area contributed by atoms with Crippen molar-refractivity contribution in [3.8, 4) is 0 Å². The second-order valence-electron chi connectivity index (χ2n) is 7.01. The van der Waals surface area contributed by atoms with E-state index in [9.17, 15) is 0 Å². The van der Waals surface area contributed by atoms with E-state index in [0.717, 1.165) is 11.8 Å². The quantitative estimate of drug-likeness (QED) is 0.909. The lowest BCUT2D eigenvalue weighted by Crippen LogP contribution is -2.50. The van der Waals surface area contributed by atoms with E-state index in [1.165, 1.54) is 54.6 Å². The van der Waals surface area contributed by atoms with Gasteiger partial charge in [0.05, 0.1) is 0 Å². The average Bonchev–Trinajstić information content (AvgIpc) is 2.94. The summed E-state index contributed by atoms with van der Waals surface area (Å²) in [4.78, 5) is 6.29. The van der Waals surface area contributed by atoms with E-state index in [4.69, 9.17) is 0 Å². The van der Waals surface area contributed by atoms with E-state index in [1.54, 1.807) is 5.56 Å². The zero-order valence-corrected chi connectivity index (χ0v) is 14.5. The molecule has 1 N–H and O–H groups in total. The molecule has 118 valence electrons. The van der Waals surface area contributed by atoms with Crippen LogP contribution >= 0.6 is 11.8 Å². The molecule has 0 unspecified atom stereocenters. The molecule has 1 aromatic heterocycles. The molecule has 0 bridgehead atoms. The summed E-state index contributed by atoms with van der Waals surface area (Å²) in [5, 5.41) is 1.53. The molecule has 4 rings (SSSR count). The van der Waals surface area contributed by atoms with Crippen molar-refractivity contribution in [1.82, 2.24) is 9.88 Å². The third kappa shape index (κ3) is 2.30. The van der Waals surface area contributed by atoms with Crippen molar-refractivity contribution in [2.75, 3.05) is 25.1 Å². The summed E-state index contributed by atoms with van der Waals surface area (Å²) >= 11 is 2.01. The number of nitrogens with one attached hydrogen (secondary N) is 1. The average molecular weight is 314 g/mol. The molecule has 1 fully saturated rings. The Hall–Kier alpha value is -0.930. The van der Waals surface area contributed by atoms with Gasteiger partial charge < -0.3 is 4.98 Å². The number of aromatic nitrogens is 1. The minimum absolute atomic E-state index is 0.715. The Labute approximate surface area is 137 Å². The Morgan fingerprint density at radius 3 is 3.09 bits per heavy atom. The van der Waals surface area contributed by atoms with Crippen LogP contribution < -0.4 is 0 Å². The smallest absolute Gasteiger partial charge is 0.0459 e. The lowest BCUT2D eigenvalue weighted by atomic mass is 9.72. The van der Waals surface area contributed by atoms with E-state index < -0.39 is 0 Å². The number of H-pyrrole nitrogens is 1. The van der Waals surface area contributed by atoms with Crippen molar-refractivity contribution in [2.24, 2.45) is 5.92 Å². The molecular weight excluding hydrogens is 288 g/mol. The summed E-state index contributed by atoms with van der Waals surface area (Å²) in [6.45, 7) is 4.87. The van der Waals surface area contributed by atoms with Crippen LogP contribution in [-0.2, 0) is 6.42 Å². The maximum atomic E-state index is 3.49. The largest absolute Gasteiger partial charge is 0.361 e. The van der Waals surface area contributed by atoms with Gasteiger partial charge >= 0.3 is 0 Å². The highest BCUT2D eigenvalue weighted by atomic mass is 32.2. The molecule has 1 saturated heterocycles. The van der Waals surface area contributed by atoms with Crippen molar-refractivity contribution in [3.63, 3.8) is 0 Å². The molecule has 0 saturated carbocycles. The van der Waals surface area contributed by atoms with Gasteiger partial charge in [0.1, 0.15) is 0 Å². The first-order chi connectivity index (χ1) is 10.8. The van der Waals surface area contributed by atoms with Crippen molar-refractivity contribution in [2.45, 2.75) is 38.1 Å². The Kier molecular flexibility index (Phi) is 3.95. The molecule has 2 nitrogen and oxygen atoms in total. The number of hydrogen-bond acceptors (Lipinski definition) is 2. The molecular formula is C19H26N2S. The van der Waals surface area contributed by atoms with E-state index in [2.05, 4.69) is 47.5 Å². The molecule has 0 spiro atoms. The zero-order valence-electron chi connectivity index (χ0n) is 13.6. The van der Waals surface area contributed by atoms with E-state index in [1.807, 2.05) is 11.8 Å². The number of fused-ring (bicyclic) bond motifs is 2. The third-order valence-electron chi connectivity index (χ3n) is 5.57. The highest BCUT2D eigenvalue weighted by Crippen LogP contribution is 2.45. The Balaban J connectivity index is 1.75. The number of hydrogen-bond donors (Lipinski definition) is 1.